The zero-order chi connectivity index (χ0) is 17.5. The van der Waals surface area contributed by atoms with Gasteiger partial charge in [0.2, 0.25) is 5.91 Å². The van der Waals surface area contributed by atoms with Gasteiger partial charge >= 0.3 is 0 Å². The van der Waals surface area contributed by atoms with E-state index in [1.807, 2.05) is 17.3 Å². The molecule has 8 heteroatoms. The van der Waals surface area contributed by atoms with E-state index in [1.54, 1.807) is 0 Å². The molecule has 3 fully saturated rings. The van der Waals surface area contributed by atoms with E-state index in [2.05, 4.69) is 25.4 Å². The first-order chi connectivity index (χ1) is 12.8. The van der Waals surface area contributed by atoms with Gasteiger partial charge in [-0.25, -0.2) is 4.98 Å². The molecule has 7 nitrogen and oxygen atoms in total. The SMILES string of the molecule is Cl.O=C(C[C@@H]1CCCN1)N1CCN(c2c(C3CC3)cnc3[nH]ncc23)CC1. The molecule has 1 aliphatic carbocycles. The fourth-order valence-corrected chi connectivity index (χ4v) is 4.40. The molecule has 2 aromatic rings. The lowest BCUT2D eigenvalue weighted by atomic mass is 10.1. The van der Waals surface area contributed by atoms with E-state index in [9.17, 15) is 4.79 Å². The normalized spacial score (nSPS) is 22.9. The first kappa shape index (κ1) is 18.5. The zero-order valence-corrected chi connectivity index (χ0v) is 16.3. The van der Waals surface area contributed by atoms with Crippen LogP contribution in [0.4, 0.5) is 5.69 Å². The molecular weight excluding hydrogens is 364 g/mol. The monoisotopic (exact) mass is 390 g/mol. The molecule has 2 aliphatic heterocycles. The van der Waals surface area contributed by atoms with Crippen LogP contribution in [0.3, 0.4) is 0 Å². The highest BCUT2D eigenvalue weighted by atomic mass is 35.5. The lowest BCUT2D eigenvalue weighted by Gasteiger charge is -2.37. The number of H-pyrrole nitrogens is 1. The number of amides is 1. The lowest BCUT2D eigenvalue weighted by Crippen LogP contribution is -2.50. The highest BCUT2D eigenvalue weighted by Gasteiger charge is 2.32. The van der Waals surface area contributed by atoms with Crippen LogP contribution in [0.5, 0.6) is 0 Å². The summed E-state index contributed by atoms with van der Waals surface area (Å²) >= 11 is 0. The van der Waals surface area contributed by atoms with Gasteiger partial charge in [-0.3, -0.25) is 9.89 Å². The predicted octanol–water partition coefficient (Wildman–Crippen LogP) is 2.05. The number of fused-ring (bicyclic) bond motifs is 1. The third kappa shape index (κ3) is 3.62. The summed E-state index contributed by atoms with van der Waals surface area (Å²) < 4.78 is 0. The standard InChI is InChI=1S/C19H26N6O.ClH/c26-17(10-14-2-1-5-20-14)24-6-8-25(9-7-24)18-15(13-3-4-13)11-21-19-16(18)12-22-23-19;/h11-14,20H,1-10H2,(H,21,22,23);1H/t14-;/m0./s1. The van der Waals surface area contributed by atoms with Crippen molar-refractivity contribution < 1.29 is 4.79 Å². The van der Waals surface area contributed by atoms with Crippen LogP contribution in [0.2, 0.25) is 0 Å². The Balaban J connectivity index is 0.00000180. The van der Waals surface area contributed by atoms with E-state index in [0.29, 0.717) is 24.3 Å². The molecular formula is C19H27ClN6O. The number of piperazine rings is 1. The number of halogens is 1. The molecule has 0 unspecified atom stereocenters. The first-order valence-corrected chi connectivity index (χ1v) is 9.87. The summed E-state index contributed by atoms with van der Waals surface area (Å²) in [6, 6.07) is 0.382. The third-order valence-corrected chi connectivity index (χ3v) is 6.03. The van der Waals surface area contributed by atoms with Crippen LogP contribution in [0.1, 0.15) is 43.6 Å². The number of hydrogen-bond acceptors (Lipinski definition) is 5. The molecule has 2 saturated heterocycles. The van der Waals surface area contributed by atoms with E-state index in [0.717, 1.165) is 50.2 Å². The molecule has 146 valence electrons. The number of carbonyl (C=O) groups is 1. The molecule has 1 amide bonds. The average molecular weight is 391 g/mol. The van der Waals surface area contributed by atoms with Gasteiger partial charge in [0.15, 0.2) is 5.65 Å². The molecule has 3 aliphatic rings. The molecule has 0 spiro atoms. The van der Waals surface area contributed by atoms with Crippen LogP contribution < -0.4 is 10.2 Å². The first-order valence-electron chi connectivity index (χ1n) is 9.87. The third-order valence-electron chi connectivity index (χ3n) is 6.03. The second-order valence-electron chi connectivity index (χ2n) is 7.83. The smallest absolute Gasteiger partial charge is 0.224 e. The average Bonchev–Trinajstić information content (AvgIpc) is 3.17. The summed E-state index contributed by atoms with van der Waals surface area (Å²) in [5.74, 6) is 0.944. The van der Waals surface area contributed by atoms with E-state index in [1.165, 1.54) is 30.5 Å². The van der Waals surface area contributed by atoms with Crippen LogP contribution in [0.25, 0.3) is 11.0 Å². The lowest BCUT2D eigenvalue weighted by molar-refractivity contribution is -0.131. The van der Waals surface area contributed by atoms with Crippen LogP contribution in [-0.2, 0) is 4.79 Å². The maximum atomic E-state index is 12.6. The second kappa shape index (κ2) is 7.64. The number of aromatic nitrogens is 3. The van der Waals surface area contributed by atoms with Gasteiger partial charge in [0.05, 0.1) is 17.3 Å². The van der Waals surface area contributed by atoms with Gasteiger partial charge in [0.25, 0.3) is 0 Å². The molecule has 0 radical (unpaired) electrons. The molecule has 1 atom stereocenters. The number of hydrogen-bond donors (Lipinski definition) is 2. The molecule has 2 N–H and O–H groups in total. The van der Waals surface area contributed by atoms with Crippen molar-refractivity contribution in [2.45, 2.75) is 44.1 Å². The fraction of sp³-hybridized carbons (Fsp3) is 0.632. The molecule has 27 heavy (non-hydrogen) atoms. The molecule has 0 bridgehead atoms. The van der Waals surface area contributed by atoms with Gasteiger partial charge in [-0.15, -0.1) is 12.4 Å². The minimum Gasteiger partial charge on any atom is -0.367 e. The Morgan fingerprint density at radius 1 is 1.15 bits per heavy atom. The van der Waals surface area contributed by atoms with E-state index < -0.39 is 0 Å². The Morgan fingerprint density at radius 2 is 1.96 bits per heavy atom. The highest BCUT2D eigenvalue weighted by Crippen LogP contribution is 2.46. The van der Waals surface area contributed by atoms with Crippen molar-refractivity contribution >= 4 is 35.0 Å². The van der Waals surface area contributed by atoms with Crippen molar-refractivity contribution in [1.82, 2.24) is 25.4 Å². The van der Waals surface area contributed by atoms with Crippen LogP contribution in [-0.4, -0.2) is 64.8 Å². The second-order valence-corrected chi connectivity index (χ2v) is 7.83. The predicted molar refractivity (Wildman–Crippen MR) is 108 cm³/mol. The Kier molecular flexibility index (Phi) is 5.23. The summed E-state index contributed by atoms with van der Waals surface area (Å²) in [6.07, 6.45) is 9.40. The zero-order valence-electron chi connectivity index (χ0n) is 15.5. The Labute approximate surface area is 165 Å². The van der Waals surface area contributed by atoms with Gasteiger partial charge < -0.3 is 15.1 Å². The van der Waals surface area contributed by atoms with Crippen LogP contribution >= 0.6 is 12.4 Å². The highest BCUT2D eigenvalue weighted by molar-refractivity contribution is 5.91. The van der Waals surface area contributed by atoms with E-state index in [-0.39, 0.29) is 12.4 Å². The molecule has 4 heterocycles. The number of carbonyl (C=O) groups excluding carboxylic acids is 1. The van der Waals surface area contributed by atoms with Crippen molar-refractivity contribution in [1.29, 1.82) is 0 Å². The maximum absolute atomic E-state index is 12.6. The van der Waals surface area contributed by atoms with E-state index >= 15 is 0 Å². The Hall–Kier alpha value is -1.86. The van der Waals surface area contributed by atoms with Gasteiger partial charge in [-0.1, -0.05) is 0 Å². The van der Waals surface area contributed by atoms with Crippen LogP contribution in [0.15, 0.2) is 12.4 Å². The van der Waals surface area contributed by atoms with Gasteiger partial charge in [-0.2, -0.15) is 5.10 Å². The van der Waals surface area contributed by atoms with E-state index in [4.69, 9.17) is 0 Å². The van der Waals surface area contributed by atoms with Gasteiger partial charge in [0, 0.05) is 44.8 Å². The van der Waals surface area contributed by atoms with Crippen molar-refractivity contribution in [2.24, 2.45) is 0 Å². The molecule has 0 aromatic carbocycles. The number of aromatic amines is 1. The summed E-state index contributed by atoms with van der Waals surface area (Å²) in [5.41, 5.74) is 3.50. The summed E-state index contributed by atoms with van der Waals surface area (Å²) in [4.78, 5) is 21.6. The Morgan fingerprint density at radius 3 is 2.67 bits per heavy atom. The summed E-state index contributed by atoms with van der Waals surface area (Å²) in [6.45, 7) is 4.43. The summed E-state index contributed by atoms with van der Waals surface area (Å²) in [7, 11) is 0. The number of nitrogens with zero attached hydrogens (tertiary/aromatic N) is 4. The fourth-order valence-electron chi connectivity index (χ4n) is 4.40. The van der Waals surface area contributed by atoms with Crippen molar-refractivity contribution in [2.75, 3.05) is 37.6 Å². The largest absolute Gasteiger partial charge is 0.367 e. The van der Waals surface area contributed by atoms with Gasteiger partial charge in [-0.05, 0) is 43.7 Å². The van der Waals surface area contributed by atoms with Crippen molar-refractivity contribution in [3.05, 3.63) is 18.0 Å². The quantitative estimate of drug-likeness (QED) is 0.835. The van der Waals surface area contributed by atoms with Crippen LogP contribution in [0, 0.1) is 0 Å². The van der Waals surface area contributed by atoms with Crippen molar-refractivity contribution in [3.8, 4) is 0 Å². The van der Waals surface area contributed by atoms with Crippen molar-refractivity contribution in [3.63, 3.8) is 0 Å². The number of rotatable bonds is 4. The summed E-state index contributed by atoms with van der Waals surface area (Å²) in [5, 5.41) is 11.7. The number of pyridine rings is 1. The minimum atomic E-state index is 0. The maximum Gasteiger partial charge on any atom is 0.224 e. The minimum absolute atomic E-state index is 0. The molecule has 5 rings (SSSR count). The van der Waals surface area contributed by atoms with Gasteiger partial charge in [0.1, 0.15) is 0 Å². The number of anilines is 1. The number of nitrogens with one attached hydrogen (secondary N) is 2. The molecule has 2 aromatic heterocycles. The Bertz CT molecular complexity index is 806. The topological polar surface area (TPSA) is 77.2 Å². The molecule has 1 saturated carbocycles.